The van der Waals surface area contributed by atoms with Gasteiger partial charge >= 0.3 is 0 Å². The second-order valence-electron chi connectivity index (χ2n) is 5.48. The van der Waals surface area contributed by atoms with E-state index in [2.05, 4.69) is 41.2 Å². The molecule has 1 saturated heterocycles. The molecule has 1 aromatic heterocycles. The monoisotopic (exact) mass is 261 g/mol. The Bertz CT molecular complexity index is 353. The summed E-state index contributed by atoms with van der Waals surface area (Å²) >= 11 is 0. The van der Waals surface area contributed by atoms with Crippen molar-refractivity contribution in [1.82, 2.24) is 10.3 Å². The molecule has 1 aliphatic rings. The number of anilines is 1. The smallest absolute Gasteiger partial charge is 0.0572 e. The van der Waals surface area contributed by atoms with Crippen LogP contribution in [0.4, 0.5) is 5.69 Å². The number of nitrogens with one attached hydrogen (secondary N) is 1. The molecule has 19 heavy (non-hydrogen) atoms. The number of hydrogen-bond donors (Lipinski definition) is 1. The van der Waals surface area contributed by atoms with E-state index in [1.165, 1.54) is 50.9 Å². The van der Waals surface area contributed by atoms with Gasteiger partial charge in [0.1, 0.15) is 0 Å². The quantitative estimate of drug-likeness (QED) is 0.899. The van der Waals surface area contributed by atoms with E-state index < -0.39 is 0 Å². The Morgan fingerprint density at radius 1 is 1.16 bits per heavy atom. The van der Waals surface area contributed by atoms with E-state index in [0.717, 1.165) is 12.2 Å². The number of pyridine rings is 1. The van der Waals surface area contributed by atoms with Crippen molar-refractivity contribution in [3.05, 3.63) is 24.0 Å². The second-order valence-corrected chi connectivity index (χ2v) is 5.48. The first kappa shape index (κ1) is 14.3. The Morgan fingerprint density at radius 3 is 2.42 bits per heavy atom. The van der Waals surface area contributed by atoms with E-state index >= 15 is 0 Å². The summed E-state index contributed by atoms with van der Waals surface area (Å²) in [5.41, 5.74) is 2.42. The fraction of sp³-hybridized carbons (Fsp3) is 0.688. The van der Waals surface area contributed by atoms with Crippen LogP contribution in [0, 0.1) is 0 Å². The van der Waals surface area contributed by atoms with Gasteiger partial charge in [-0.15, -0.1) is 0 Å². The van der Waals surface area contributed by atoms with Gasteiger partial charge in [-0.3, -0.25) is 4.98 Å². The standard InChI is InChI=1S/C16H27N3/c1-3-17-14(2)16-10-9-15(13-18-16)19-11-7-5-4-6-8-12-19/h9-10,13-14,17H,3-8,11-12H2,1-2H3. The topological polar surface area (TPSA) is 28.2 Å². The van der Waals surface area contributed by atoms with Crippen LogP contribution in [0.1, 0.15) is 57.7 Å². The highest BCUT2D eigenvalue weighted by Gasteiger charge is 2.10. The molecule has 0 radical (unpaired) electrons. The van der Waals surface area contributed by atoms with Crippen LogP contribution in [0.25, 0.3) is 0 Å². The maximum absolute atomic E-state index is 4.62. The van der Waals surface area contributed by atoms with E-state index in [1.54, 1.807) is 0 Å². The van der Waals surface area contributed by atoms with Crippen molar-refractivity contribution in [2.24, 2.45) is 0 Å². The molecular formula is C16H27N3. The lowest BCUT2D eigenvalue weighted by molar-refractivity contribution is 0.555. The molecule has 0 spiro atoms. The van der Waals surface area contributed by atoms with Gasteiger partial charge in [0.25, 0.3) is 0 Å². The van der Waals surface area contributed by atoms with Crippen LogP contribution in [-0.2, 0) is 0 Å². The highest BCUT2D eigenvalue weighted by molar-refractivity contribution is 5.44. The lowest BCUT2D eigenvalue weighted by Crippen LogP contribution is -2.27. The van der Waals surface area contributed by atoms with Gasteiger partial charge in [0.05, 0.1) is 17.6 Å². The number of hydrogen-bond acceptors (Lipinski definition) is 3. The van der Waals surface area contributed by atoms with Crippen molar-refractivity contribution in [3.8, 4) is 0 Å². The summed E-state index contributed by atoms with van der Waals surface area (Å²) in [5, 5.41) is 3.40. The molecule has 1 unspecified atom stereocenters. The minimum Gasteiger partial charge on any atom is -0.370 e. The van der Waals surface area contributed by atoms with Crippen molar-refractivity contribution < 1.29 is 0 Å². The fourth-order valence-electron chi connectivity index (χ4n) is 2.76. The molecule has 3 heteroatoms. The average Bonchev–Trinajstić information content (AvgIpc) is 2.39. The van der Waals surface area contributed by atoms with E-state index in [1.807, 2.05) is 6.20 Å². The highest BCUT2D eigenvalue weighted by atomic mass is 15.1. The van der Waals surface area contributed by atoms with Gasteiger partial charge in [-0.1, -0.05) is 26.2 Å². The fourth-order valence-corrected chi connectivity index (χ4v) is 2.76. The summed E-state index contributed by atoms with van der Waals surface area (Å²) in [6, 6.07) is 4.74. The van der Waals surface area contributed by atoms with Gasteiger partial charge < -0.3 is 10.2 Å². The van der Waals surface area contributed by atoms with Gasteiger partial charge in [-0.2, -0.15) is 0 Å². The molecule has 0 amide bonds. The average molecular weight is 261 g/mol. The van der Waals surface area contributed by atoms with Crippen molar-refractivity contribution in [2.75, 3.05) is 24.5 Å². The zero-order chi connectivity index (χ0) is 13.5. The molecule has 1 fully saturated rings. The van der Waals surface area contributed by atoms with Crippen LogP contribution < -0.4 is 10.2 Å². The van der Waals surface area contributed by atoms with Gasteiger partial charge in [0.2, 0.25) is 0 Å². The third kappa shape index (κ3) is 4.20. The third-order valence-electron chi connectivity index (χ3n) is 3.95. The van der Waals surface area contributed by atoms with Crippen molar-refractivity contribution in [2.45, 2.75) is 52.0 Å². The van der Waals surface area contributed by atoms with Gasteiger partial charge in [-0.05, 0) is 38.4 Å². The first-order chi connectivity index (χ1) is 9.31. The molecule has 0 aliphatic carbocycles. The molecule has 1 aliphatic heterocycles. The van der Waals surface area contributed by atoms with E-state index in [4.69, 9.17) is 0 Å². The van der Waals surface area contributed by atoms with Gasteiger partial charge in [0, 0.05) is 19.1 Å². The molecule has 2 heterocycles. The molecule has 1 N–H and O–H groups in total. The predicted octanol–water partition coefficient (Wildman–Crippen LogP) is 3.52. The Morgan fingerprint density at radius 2 is 1.84 bits per heavy atom. The Hall–Kier alpha value is -1.09. The van der Waals surface area contributed by atoms with Crippen LogP contribution in [0.15, 0.2) is 18.3 Å². The number of rotatable bonds is 4. The minimum atomic E-state index is 0.339. The van der Waals surface area contributed by atoms with E-state index in [0.29, 0.717) is 6.04 Å². The third-order valence-corrected chi connectivity index (χ3v) is 3.95. The first-order valence-corrected chi connectivity index (χ1v) is 7.75. The molecule has 0 bridgehead atoms. The molecule has 3 nitrogen and oxygen atoms in total. The first-order valence-electron chi connectivity index (χ1n) is 7.75. The summed E-state index contributed by atoms with van der Waals surface area (Å²) in [6.45, 7) is 7.65. The second kappa shape index (κ2) is 7.49. The molecular weight excluding hydrogens is 234 g/mol. The molecule has 106 valence electrons. The maximum atomic E-state index is 4.62. The normalized spacial score (nSPS) is 18.7. The molecule has 1 atom stereocenters. The van der Waals surface area contributed by atoms with Gasteiger partial charge in [0.15, 0.2) is 0 Å². The predicted molar refractivity (Wildman–Crippen MR) is 81.6 cm³/mol. The summed E-state index contributed by atoms with van der Waals surface area (Å²) in [6.07, 6.45) is 8.83. The lowest BCUT2D eigenvalue weighted by atomic mass is 10.1. The minimum absolute atomic E-state index is 0.339. The molecule has 0 aromatic carbocycles. The van der Waals surface area contributed by atoms with Gasteiger partial charge in [-0.25, -0.2) is 0 Å². The van der Waals surface area contributed by atoms with E-state index in [9.17, 15) is 0 Å². The summed E-state index contributed by atoms with van der Waals surface area (Å²) < 4.78 is 0. The summed E-state index contributed by atoms with van der Waals surface area (Å²) in [7, 11) is 0. The van der Waals surface area contributed by atoms with Crippen molar-refractivity contribution in [1.29, 1.82) is 0 Å². The summed E-state index contributed by atoms with van der Waals surface area (Å²) in [5.74, 6) is 0. The Kier molecular flexibility index (Phi) is 5.64. The number of nitrogens with zero attached hydrogens (tertiary/aromatic N) is 2. The Balaban J connectivity index is 1.99. The van der Waals surface area contributed by atoms with Crippen LogP contribution in [0.2, 0.25) is 0 Å². The highest BCUT2D eigenvalue weighted by Crippen LogP contribution is 2.20. The molecule has 1 aromatic rings. The largest absolute Gasteiger partial charge is 0.370 e. The van der Waals surface area contributed by atoms with Crippen molar-refractivity contribution in [3.63, 3.8) is 0 Å². The van der Waals surface area contributed by atoms with Crippen LogP contribution >= 0.6 is 0 Å². The zero-order valence-corrected chi connectivity index (χ0v) is 12.4. The zero-order valence-electron chi connectivity index (χ0n) is 12.4. The summed E-state index contributed by atoms with van der Waals surface area (Å²) in [4.78, 5) is 7.12. The van der Waals surface area contributed by atoms with Crippen LogP contribution in [0.5, 0.6) is 0 Å². The van der Waals surface area contributed by atoms with Crippen LogP contribution in [0.3, 0.4) is 0 Å². The number of aromatic nitrogens is 1. The molecule has 0 saturated carbocycles. The Labute approximate surface area is 117 Å². The lowest BCUT2D eigenvalue weighted by Gasteiger charge is -2.26. The van der Waals surface area contributed by atoms with E-state index in [-0.39, 0.29) is 0 Å². The van der Waals surface area contributed by atoms with Crippen LogP contribution in [-0.4, -0.2) is 24.6 Å². The SMILES string of the molecule is CCNC(C)c1ccc(N2CCCCCCC2)cn1. The van der Waals surface area contributed by atoms with Crippen molar-refractivity contribution >= 4 is 5.69 Å². The maximum Gasteiger partial charge on any atom is 0.0572 e. The molecule has 2 rings (SSSR count).